The summed E-state index contributed by atoms with van der Waals surface area (Å²) < 4.78 is 16.0. The third-order valence-electron chi connectivity index (χ3n) is 2.97. The molecule has 0 unspecified atom stereocenters. The minimum Gasteiger partial charge on any atom is -0.307 e. The van der Waals surface area contributed by atoms with Gasteiger partial charge in [0.1, 0.15) is 11.6 Å². The van der Waals surface area contributed by atoms with Crippen LogP contribution < -0.4 is 0 Å². The molecule has 3 nitrogen and oxygen atoms in total. The van der Waals surface area contributed by atoms with Gasteiger partial charge >= 0.3 is 0 Å². The monoisotopic (exact) mass is 373 g/mol. The van der Waals surface area contributed by atoms with Crippen LogP contribution in [0.15, 0.2) is 22.7 Å². The van der Waals surface area contributed by atoms with E-state index in [2.05, 4.69) is 46.6 Å². The van der Waals surface area contributed by atoms with E-state index in [-0.39, 0.29) is 5.82 Å². The number of nitrogens with zero attached hydrogens (tertiary/aromatic N) is 3. The minimum atomic E-state index is -0.260. The maximum Gasteiger partial charge on any atom is 0.165 e. The van der Waals surface area contributed by atoms with Crippen LogP contribution in [0.3, 0.4) is 0 Å². The smallest absolute Gasteiger partial charge is 0.165 e. The van der Waals surface area contributed by atoms with E-state index in [1.54, 1.807) is 6.07 Å². The van der Waals surface area contributed by atoms with Crippen molar-refractivity contribution in [3.63, 3.8) is 0 Å². The lowest BCUT2D eigenvalue weighted by molar-refractivity contribution is 0.627. The molecule has 1 saturated carbocycles. The van der Waals surface area contributed by atoms with Crippen molar-refractivity contribution in [1.82, 2.24) is 14.8 Å². The SMILES string of the molecule is Fc1ccc(-c2nnc(CBr)n2C2CC2)c(Br)c1. The van der Waals surface area contributed by atoms with Crippen LogP contribution in [-0.2, 0) is 5.33 Å². The Hall–Kier alpha value is -0.750. The topological polar surface area (TPSA) is 30.7 Å². The predicted octanol–water partition coefficient (Wildman–Crippen LogP) is 4.08. The lowest BCUT2D eigenvalue weighted by Gasteiger charge is -2.09. The number of hydrogen-bond donors (Lipinski definition) is 0. The van der Waals surface area contributed by atoms with E-state index in [1.807, 2.05) is 0 Å². The number of rotatable bonds is 3. The third kappa shape index (κ3) is 2.12. The van der Waals surface area contributed by atoms with Gasteiger partial charge in [0.2, 0.25) is 0 Å². The van der Waals surface area contributed by atoms with Gasteiger partial charge in [0, 0.05) is 16.1 Å². The van der Waals surface area contributed by atoms with Crippen molar-refractivity contribution in [2.75, 3.05) is 0 Å². The molecule has 1 aromatic heterocycles. The minimum absolute atomic E-state index is 0.260. The van der Waals surface area contributed by atoms with Crippen molar-refractivity contribution in [3.8, 4) is 11.4 Å². The second kappa shape index (κ2) is 4.74. The van der Waals surface area contributed by atoms with E-state index >= 15 is 0 Å². The highest BCUT2D eigenvalue weighted by Crippen LogP contribution is 2.40. The zero-order valence-electron chi connectivity index (χ0n) is 9.41. The van der Waals surface area contributed by atoms with Crippen LogP contribution in [0.4, 0.5) is 4.39 Å². The van der Waals surface area contributed by atoms with Crippen LogP contribution in [0.25, 0.3) is 11.4 Å². The van der Waals surface area contributed by atoms with E-state index in [4.69, 9.17) is 0 Å². The summed E-state index contributed by atoms with van der Waals surface area (Å²) in [5.74, 6) is 1.46. The maximum absolute atomic E-state index is 13.1. The largest absolute Gasteiger partial charge is 0.307 e. The molecule has 0 saturated heterocycles. The summed E-state index contributed by atoms with van der Waals surface area (Å²) in [5.41, 5.74) is 0.878. The average Bonchev–Trinajstić information content (AvgIpc) is 3.09. The summed E-state index contributed by atoms with van der Waals surface area (Å²) in [6, 6.07) is 5.12. The van der Waals surface area contributed by atoms with Gasteiger partial charge < -0.3 is 4.57 Å². The van der Waals surface area contributed by atoms with E-state index in [1.165, 1.54) is 12.1 Å². The zero-order chi connectivity index (χ0) is 12.7. The van der Waals surface area contributed by atoms with Crippen molar-refractivity contribution in [3.05, 3.63) is 34.3 Å². The van der Waals surface area contributed by atoms with Gasteiger partial charge in [-0.25, -0.2) is 4.39 Å². The first kappa shape index (κ1) is 12.3. The fraction of sp³-hybridized carbons (Fsp3) is 0.333. The van der Waals surface area contributed by atoms with Gasteiger partial charge in [-0.1, -0.05) is 15.9 Å². The number of halogens is 3. The molecule has 1 fully saturated rings. The summed E-state index contributed by atoms with van der Waals surface area (Å²) in [5, 5.41) is 9.10. The molecule has 0 N–H and O–H groups in total. The molecule has 0 amide bonds. The molecule has 0 spiro atoms. The summed E-state index contributed by atoms with van der Waals surface area (Å²) in [4.78, 5) is 0. The lowest BCUT2D eigenvalue weighted by atomic mass is 10.2. The van der Waals surface area contributed by atoms with Crippen LogP contribution >= 0.6 is 31.9 Å². The molecule has 3 rings (SSSR count). The first-order valence-electron chi connectivity index (χ1n) is 5.66. The Labute approximate surface area is 121 Å². The van der Waals surface area contributed by atoms with Crippen LogP contribution in [-0.4, -0.2) is 14.8 Å². The van der Waals surface area contributed by atoms with Gasteiger partial charge in [0.15, 0.2) is 5.82 Å². The van der Waals surface area contributed by atoms with Crippen LogP contribution in [0.2, 0.25) is 0 Å². The van der Waals surface area contributed by atoms with E-state index < -0.39 is 0 Å². The molecule has 94 valence electrons. The number of aromatic nitrogens is 3. The van der Waals surface area contributed by atoms with Crippen LogP contribution in [0.1, 0.15) is 24.7 Å². The summed E-state index contributed by atoms with van der Waals surface area (Å²) in [6.07, 6.45) is 2.31. The summed E-state index contributed by atoms with van der Waals surface area (Å²) >= 11 is 6.81. The molecule has 0 radical (unpaired) electrons. The Kier molecular flexibility index (Phi) is 3.23. The molecule has 6 heteroatoms. The van der Waals surface area contributed by atoms with Gasteiger partial charge in [0.05, 0.1) is 5.33 Å². The highest BCUT2D eigenvalue weighted by molar-refractivity contribution is 9.10. The number of alkyl halides is 1. The van der Waals surface area contributed by atoms with Crippen molar-refractivity contribution in [2.24, 2.45) is 0 Å². The molecule has 2 aromatic rings. The molecule has 0 bridgehead atoms. The molecule has 1 aromatic carbocycles. The second-order valence-corrected chi connectivity index (χ2v) is 5.71. The van der Waals surface area contributed by atoms with Gasteiger partial charge in [-0.05, 0) is 47.0 Å². The quantitative estimate of drug-likeness (QED) is 0.758. The highest BCUT2D eigenvalue weighted by atomic mass is 79.9. The Morgan fingerprint density at radius 1 is 1.33 bits per heavy atom. The average molecular weight is 375 g/mol. The fourth-order valence-corrected chi connectivity index (χ4v) is 2.90. The highest BCUT2D eigenvalue weighted by Gasteiger charge is 2.30. The van der Waals surface area contributed by atoms with Crippen LogP contribution in [0.5, 0.6) is 0 Å². The Balaban J connectivity index is 2.13. The van der Waals surface area contributed by atoms with Gasteiger partial charge in [0.25, 0.3) is 0 Å². The van der Waals surface area contributed by atoms with Crippen molar-refractivity contribution in [1.29, 1.82) is 0 Å². The summed E-state index contributed by atoms with van der Waals surface area (Å²) in [7, 11) is 0. The normalized spacial score (nSPS) is 15.1. The molecular weight excluding hydrogens is 365 g/mol. The zero-order valence-corrected chi connectivity index (χ0v) is 12.6. The van der Waals surface area contributed by atoms with E-state index in [0.717, 1.165) is 30.1 Å². The van der Waals surface area contributed by atoms with Crippen LogP contribution in [0, 0.1) is 5.82 Å². The maximum atomic E-state index is 13.1. The van der Waals surface area contributed by atoms with Gasteiger partial charge in [-0.3, -0.25) is 0 Å². The van der Waals surface area contributed by atoms with Crippen molar-refractivity contribution < 1.29 is 4.39 Å². The standard InChI is InChI=1S/C12H10Br2FN3/c13-6-11-16-17-12(18(11)8-2-3-8)9-4-1-7(15)5-10(9)14/h1,4-5,8H,2-3,6H2. The molecule has 0 atom stereocenters. The molecule has 0 aliphatic heterocycles. The predicted molar refractivity (Wildman–Crippen MR) is 74.0 cm³/mol. The van der Waals surface area contributed by atoms with Gasteiger partial charge in [-0.15, -0.1) is 10.2 Å². The molecular formula is C12H10Br2FN3. The number of benzene rings is 1. The second-order valence-electron chi connectivity index (χ2n) is 4.30. The molecule has 1 aliphatic rings. The first-order chi connectivity index (χ1) is 8.70. The molecule has 18 heavy (non-hydrogen) atoms. The molecule has 1 aliphatic carbocycles. The van der Waals surface area contributed by atoms with Gasteiger partial charge in [-0.2, -0.15) is 0 Å². The lowest BCUT2D eigenvalue weighted by Crippen LogP contribution is -2.02. The third-order valence-corrected chi connectivity index (χ3v) is 4.13. The molecule has 1 heterocycles. The first-order valence-corrected chi connectivity index (χ1v) is 7.57. The Morgan fingerprint density at radius 2 is 2.11 bits per heavy atom. The Morgan fingerprint density at radius 3 is 2.72 bits per heavy atom. The Bertz CT molecular complexity index is 593. The fourth-order valence-electron chi connectivity index (χ4n) is 1.99. The summed E-state index contributed by atoms with van der Waals surface area (Å²) in [6.45, 7) is 0. The van der Waals surface area contributed by atoms with Crippen molar-refractivity contribution in [2.45, 2.75) is 24.2 Å². The van der Waals surface area contributed by atoms with Crippen molar-refractivity contribution >= 4 is 31.9 Å². The van der Waals surface area contributed by atoms with E-state index in [0.29, 0.717) is 15.8 Å². The number of hydrogen-bond acceptors (Lipinski definition) is 2. The van der Waals surface area contributed by atoms with E-state index in [9.17, 15) is 4.39 Å².